The van der Waals surface area contributed by atoms with Crippen LogP contribution in [0.1, 0.15) is 64.5 Å². The lowest BCUT2D eigenvalue weighted by atomic mass is 9.82. The largest absolute Gasteiger partial charge is 0.417 e. The van der Waals surface area contributed by atoms with E-state index in [-0.39, 0.29) is 16.4 Å². The van der Waals surface area contributed by atoms with E-state index in [0.29, 0.717) is 29.5 Å². The van der Waals surface area contributed by atoms with Crippen LogP contribution in [-0.4, -0.2) is 62.9 Å². The second-order valence-electron chi connectivity index (χ2n) is 10.1. The van der Waals surface area contributed by atoms with Gasteiger partial charge in [-0.3, -0.25) is 14.7 Å². The normalized spacial score (nSPS) is 20.7. The van der Waals surface area contributed by atoms with E-state index in [0.717, 1.165) is 69.3 Å². The molecule has 5 rings (SSSR count). The minimum Gasteiger partial charge on any atom is -0.379 e. The first-order valence-corrected chi connectivity index (χ1v) is 13.4. The van der Waals surface area contributed by atoms with E-state index >= 15 is 0 Å². The van der Waals surface area contributed by atoms with Gasteiger partial charge in [0.25, 0.3) is 5.91 Å². The quantitative estimate of drug-likeness (QED) is 0.438. The molecule has 1 saturated carbocycles. The molecule has 0 aromatic carbocycles. The van der Waals surface area contributed by atoms with Crippen LogP contribution in [0.5, 0.6) is 0 Å². The van der Waals surface area contributed by atoms with Crippen LogP contribution in [0.15, 0.2) is 30.7 Å². The lowest BCUT2D eigenvalue weighted by Gasteiger charge is -2.38. The fourth-order valence-electron chi connectivity index (χ4n) is 5.52. The lowest BCUT2D eigenvalue weighted by Crippen LogP contribution is -2.44. The van der Waals surface area contributed by atoms with E-state index in [9.17, 15) is 18.0 Å². The summed E-state index contributed by atoms with van der Waals surface area (Å²) in [6, 6.07) is 3.32. The molecule has 0 radical (unpaired) electrons. The second kappa shape index (κ2) is 11.2. The minimum atomic E-state index is -4.57. The number of alkyl halides is 3. The van der Waals surface area contributed by atoms with Crippen molar-refractivity contribution >= 4 is 23.2 Å². The molecule has 3 aromatic rings. The van der Waals surface area contributed by atoms with E-state index in [2.05, 4.69) is 20.3 Å². The number of nitrogens with zero attached hydrogens (tertiary/aromatic N) is 5. The van der Waals surface area contributed by atoms with Gasteiger partial charge in [-0.2, -0.15) is 18.3 Å². The number of hydrogen-bond donors (Lipinski definition) is 1. The van der Waals surface area contributed by atoms with E-state index in [4.69, 9.17) is 21.3 Å². The number of ether oxygens (including phenoxy) is 1. The topological polar surface area (TPSA) is 85.2 Å². The van der Waals surface area contributed by atoms with Crippen LogP contribution < -0.4 is 5.32 Å². The summed E-state index contributed by atoms with van der Waals surface area (Å²) in [6.07, 6.45) is 3.58. The molecule has 1 saturated heterocycles. The minimum absolute atomic E-state index is 0.00595. The molecule has 0 spiro atoms. The third-order valence-corrected chi connectivity index (χ3v) is 7.90. The number of halogens is 4. The molecule has 2 fully saturated rings. The van der Waals surface area contributed by atoms with E-state index < -0.39 is 17.6 Å². The zero-order chi connectivity index (χ0) is 27.7. The summed E-state index contributed by atoms with van der Waals surface area (Å²) in [5, 5.41) is 6.76. The molecular formula is C27H30ClF3N6O2. The van der Waals surface area contributed by atoms with Crippen molar-refractivity contribution in [1.29, 1.82) is 0 Å². The van der Waals surface area contributed by atoms with Crippen LogP contribution in [0, 0.1) is 13.8 Å². The average Bonchev–Trinajstić information content (AvgIpc) is 3.30. The standard InChI is InChI=1S/C27H30ClF3N6O2/c1-16-11-20(14-32-24(16)18-3-5-21(6-4-18)36-7-9-39-10-8-36)35-26(38)22-15-34-37(17(22)2)25-23(28)12-19(13-33-25)27(29,30)31/h11-15,18,21H,3-10H2,1-2H3,(H,35,38). The predicted octanol–water partition coefficient (Wildman–Crippen LogP) is 5.56. The number of aromatic nitrogens is 4. The Morgan fingerprint density at radius 1 is 1.05 bits per heavy atom. The number of carbonyl (C=O) groups excluding carboxylic acids is 1. The zero-order valence-corrected chi connectivity index (χ0v) is 22.5. The molecule has 4 heterocycles. The summed E-state index contributed by atoms with van der Waals surface area (Å²) in [5.41, 5.74) is 2.32. The lowest BCUT2D eigenvalue weighted by molar-refractivity contribution is -0.137. The van der Waals surface area contributed by atoms with Crippen molar-refractivity contribution in [2.45, 2.75) is 57.7 Å². The van der Waals surface area contributed by atoms with Gasteiger partial charge in [0.2, 0.25) is 0 Å². The van der Waals surface area contributed by atoms with Gasteiger partial charge < -0.3 is 10.1 Å². The van der Waals surface area contributed by atoms with Crippen LogP contribution in [0.25, 0.3) is 5.82 Å². The van der Waals surface area contributed by atoms with Crippen LogP contribution >= 0.6 is 11.6 Å². The highest BCUT2D eigenvalue weighted by atomic mass is 35.5. The Morgan fingerprint density at radius 2 is 1.77 bits per heavy atom. The second-order valence-corrected chi connectivity index (χ2v) is 10.5. The van der Waals surface area contributed by atoms with E-state index in [1.54, 1.807) is 13.1 Å². The van der Waals surface area contributed by atoms with Gasteiger partial charge in [-0.15, -0.1) is 0 Å². The van der Waals surface area contributed by atoms with Crippen LogP contribution in [0.3, 0.4) is 0 Å². The molecule has 0 bridgehead atoms. The van der Waals surface area contributed by atoms with Crippen molar-refractivity contribution in [2.24, 2.45) is 0 Å². The van der Waals surface area contributed by atoms with Gasteiger partial charge in [0.1, 0.15) is 0 Å². The Balaban J connectivity index is 1.24. The molecule has 39 heavy (non-hydrogen) atoms. The molecule has 12 heteroatoms. The number of pyridine rings is 2. The Labute approximate surface area is 229 Å². The first kappa shape index (κ1) is 27.5. The van der Waals surface area contributed by atoms with Crippen LogP contribution in [-0.2, 0) is 10.9 Å². The van der Waals surface area contributed by atoms with Crippen LogP contribution in [0.4, 0.5) is 18.9 Å². The number of aryl methyl sites for hydroxylation is 1. The maximum atomic E-state index is 13.0. The summed E-state index contributed by atoms with van der Waals surface area (Å²) < 4.78 is 45.6. The molecule has 1 aliphatic carbocycles. The highest BCUT2D eigenvalue weighted by molar-refractivity contribution is 6.32. The number of nitrogens with one attached hydrogen (secondary N) is 1. The fourth-order valence-corrected chi connectivity index (χ4v) is 5.77. The van der Waals surface area contributed by atoms with Crippen molar-refractivity contribution in [2.75, 3.05) is 31.6 Å². The van der Waals surface area contributed by atoms with Gasteiger partial charge in [0.05, 0.1) is 53.1 Å². The average molecular weight is 563 g/mol. The smallest absolute Gasteiger partial charge is 0.379 e. The summed E-state index contributed by atoms with van der Waals surface area (Å²) in [7, 11) is 0. The van der Waals surface area contributed by atoms with E-state index in [1.165, 1.54) is 10.9 Å². The van der Waals surface area contributed by atoms with Gasteiger partial charge in [-0.05, 0) is 57.2 Å². The van der Waals surface area contributed by atoms with Crippen LogP contribution in [0.2, 0.25) is 5.02 Å². The molecule has 0 unspecified atom stereocenters. The first-order valence-electron chi connectivity index (χ1n) is 13.0. The summed E-state index contributed by atoms with van der Waals surface area (Å²) in [5.74, 6) is -0.0123. The van der Waals surface area contributed by atoms with Crippen molar-refractivity contribution in [3.8, 4) is 5.82 Å². The Hall–Kier alpha value is -3.02. The van der Waals surface area contributed by atoms with Crippen molar-refractivity contribution < 1.29 is 22.7 Å². The number of hydrogen-bond acceptors (Lipinski definition) is 6. The van der Waals surface area contributed by atoms with Crippen molar-refractivity contribution in [3.63, 3.8) is 0 Å². The molecule has 2 aliphatic rings. The summed E-state index contributed by atoms with van der Waals surface area (Å²) in [6.45, 7) is 7.27. The van der Waals surface area contributed by atoms with Crippen molar-refractivity contribution in [1.82, 2.24) is 24.6 Å². The zero-order valence-electron chi connectivity index (χ0n) is 21.8. The van der Waals surface area contributed by atoms with Gasteiger partial charge in [0.15, 0.2) is 5.82 Å². The molecule has 1 amide bonds. The molecule has 0 atom stereocenters. The Kier molecular flexibility index (Phi) is 7.93. The molecule has 8 nitrogen and oxygen atoms in total. The monoisotopic (exact) mass is 562 g/mol. The third-order valence-electron chi connectivity index (χ3n) is 7.63. The highest BCUT2D eigenvalue weighted by Crippen LogP contribution is 2.36. The van der Waals surface area contributed by atoms with Crippen molar-refractivity contribution in [3.05, 3.63) is 63.8 Å². The number of rotatable bonds is 5. The highest BCUT2D eigenvalue weighted by Gasteiger charge is 2.32. The SMILES string of the molecule is Cc1cc(NC(=O)c2cnn(-c3ncc(C(F)(F)F)cc3Cl)c2C)cnc1C1CCC(N2CCOCC2)CC1. The first-order chi connectivity index (χ1) is 18.6. The van der Waals surface area contributed by atoms with Gasteiger partial charge >= 0.3 is 6.18 Å². The maximum absolute atomic E-state index is 13.0. The van der Waals surface area contributed by atoms with Gasteiger partial charge in [0, 0.05) is 36.9 Å². The predicted molar refractivity (Wildman–Crippen MR) is 140 cm³/mol. The maximum Gasteiger partial charge on any atom is 0.417 e. The number of morpholine rings is 1. The summed E-state index contributed by atoms with van der Waals surface area (Å²) >= 11 is 6.06. The summed E-state index contributed by atoms with van der Waals surface area (Å²) in [4.78, 5) is 24.1. The number of amides is 1. The van der Waals surface area contributed by atoms with E-state index in [1.807, 2.05) is 13.0 Å². The molecular weight excluding hydrogens is 533 g/mol. The van der Waals surface area contributed by atoms with Gasteiger partial charge in [-0.25, -0.2) is 9.67 Å². The molecule has 1 N–H and O–H groups in total. The Morgan fingerprint density at radius 3 is 2.41 bits per heavy atom. The molecule has 1 aliphatic heterocycles. The number of carbonyl (C=O) groups is 1. The third kappa shape index (κ3) is 5.95. The fraction of sp³-hybridized carbons (Fsp3) is 0.481. The Bertz CT molecular complexity index is 1350. The molecule has 208 valence electrons. The number of anilines is 1. The van der Waals surface area contributed by atoms with Gasteiger partial charge in [-0.1, -0.05) is 11.6 Å². The molecule has 3 aromatic heterocycles.